The Labute approximate surface area is 179 Å². The van der Waals surface area contributed by atoms with Gasteiger partial charge in [0.1, 0.15) is 5.75 Å². The van der Waals surface area contributed by atoms with Crippen LogP contribution in [0.4, 0.5) is 16.5 Å². The quantitative estimate of drug-likeness (QED) is 0.377. The number of carbonyl (C=O) groups excluding carboxylic acids is 1. The third-order valence-electron chi connectivity index (χ3n) is 4.38. The van der Waals surface area contributed by atoms with Crippen LogP contribution in [0.3, 0.4) is 0 Å². The standard InChI is InChI=1S/C24H21N3O2S/c1-2-29-22-14-7-6-13-20(22)26-24-27-21(16-30-24)18-11-8-12-19(15-18)25-23(28)17-9-4-3-5-10-17/h3-16H,2H2,1H3,(H,25,28)(H,26,27). The first-order chi connectivity index (χ1) is 14.7. The van der Waals surface area contributed by atoms with Crippen molar-refractivity contribution >= 4 is 33.8 Å². The molecule has 2 N–H and O–H groups in total. The van der Waals surface area contributed by atoms with Crippen LogP contribution in [0.1, 0.15) is 17.3 Å². The number of ether oxygens (including phenoxy) is 1. The molecule has 0 saturated carbocycles. The molecule has 1 heterocycles. The van der Waals surface area contributed by atoms with Crippen LogP contribution < -0.4 is 15.4 Å². The monoisotopic (exact) mass is 415 g/mol. The summed E-state index contributed by atoms with van der Waals surface area (Å²) in [7, 11) is 0. The van der Waals surface area contributed by atoms with Crippen LogP contribution in [0.25, 0.3) is 11.3 Å². The Kier molecular flexibility index (Phi) is 6.06. The van der Waals surface area contributed by atoms with Gasteiger partial charge in [0, 0.05) is 22.2 Å². The van der Waals surface area contributed by atoms with E-state index < -0.39 is 0 Å². The summed E-state index contributed by atoms with van der Waals surface area (Å²) in [5.74, 6) is 0.656. The number of hydrogen-bond donors (Lipinski definition) is 2. The van der Waals surface area contributed by atoms with Gasteiger partial charge in [-0.2, -0.15) is 0 Å². The summed E-state index contributed by atoms with van der Waals surface area (Å²) in [5, 5.41) is 9.03. The number of aromatic nitrogens is 1. The van der Waals surface area contributed by atoms with E-state index in [-0.39, 0.29) is 5.91 Å². The first-order valence-electron chi connectivity index (χ1n) is 9.64. The lowest BCUT2D eigenvalue weighted by Crippen LogP contribution is -2.11. The van der Waals surface area contributed by atoms with Gasteiger partial charge in [0.2, 0.25) is 0 Å². The third-order valence-corrected chi connectivity index (χ3v) is 5.14. The van der Waals surface area contributed by atoms with Crippen LogP contribution in [0.5, 0.6) is 5.75 Å². The van der Waals surface area contributed by atoms with Crippen molar-refractivity contribution < 1.29 is 9.53 Å². The molecule has 0 atom stereocenters. The van der Waals surface area contributed by atoms with E-state index in [2.05, 4.69) is 10.6 Å². The van der Waals surface area contributed by atoms with Crippen LogP contribution in [0.15, 0.2) is 84.2 Å². The Morgan fingerprint density at radius 3 is 2.63 bits per heavy atom. The Bertz CT molecular complexity index is 1140. The van der Waals surface area contributed by atoms with E-state index in [9.17, 15) is 4.79 Å². The lowest BCUT2D eigenvalue weighted by molar-refractivity contribution is 0.102. The summed E-state index contributed by atoms with van der Waals surface area (Å²) in [6, 6.07) is 24.6. The molecule has 4 rings (SSSR count). The van der Waals surface area contributed by atoms with Gasteiger partial charge in [-0.15, -0.1) is 11.3 Å². The van der Waals surface area contributed by atoms with E-state index >= 15 is 0 Å². The van der Waals surface area contributed by atoms with Crippen molar-refractivity contribution in [3.8, 4) is 17.0 Å². The normalized spacial score (nSPS) is 10.4. The highest BCUT2D eigenvalue weighted by molar-refractivity contribution is 7.14. The summed E-state index contributed by atoms with van der Waals surface area (Å²) >= 11 is 1.52. The molecule has 0 aliphatic rings. The van der Waals surface area contributed by atoms with Crippen LogP contribution in [-0.4, -0.2) is 17.5 Å². The number of rotatable bonds is 7. The van der Waals surface area contributed by atoms with Crippen LogP contribution in [-0.2, 0) is 0 Å². The molecule has 0 saturated heterocycles. The zero-order valence-electron chi connectivity index (χ0n) is 16.5. The fourth-order valence-electron chi connectivity index (χ4n) is 2.98. The van der Waals surface area contributed by atoms with E-state index in [1.807, 2.05) is 79.0 Å². The van der Waals surface area contributed by atoms with Gasteiger partial charge in [-0.25, -0.2) is 4.98 Å². The number of carbonyl (C=O) groups is 1. The van der Waals surface area contributed by atoms with Crippen LogP contribution >= 0.6 is 11.3 Å². The molecule has 4 aromatic rings. The van der Waals surface area contributed by atoms with E-state index in [1.54, 1.807) is 12.1 Å². The summed E-state index contributed by atoms with van der Waals surface area (Å²) in [5.41, 5.74) is 4.00. The second kappa shape index (κ2) is 9.24. The molecule has 0 spiro atoms. The number of anilines is 3. The van der Waals surface area contributed by atoms with Gasteiger partial charge in [0.15, 0.2) is 5.13 Å². The number of amides is 1. The van der Waals surface area contributed by atoms with Gasteiger partial charge in [-0.1, -0.05) is 42.5 Å². The van der Waals surface area contributed by atoms with Crippen LogP contribution in [0.2, 0.25) is 0 Å². The zero-order chi connectivity index (χ0) is 20.8. The Balaban J connectivity index is 1.50. The highest BCUT2D eigenvalue weighted by atomic mass is 32.1. The van der Waals surface area contributed by atoms with E-state index in [1.165, 1.54) is 11.3 Å². The van der Waals surface area contributed by atoms with E-state index in [4.69, 9.17) is 9.72 Å². The van der Waals surface area contributed by atoms with Gasteiger partial charge in [-0.05, 0) is 43.3 Å². The predicted octanol–water partition coefficient (Wildman–Crippen LogP) is 6.20. The molecule has 3 aromatic carbocycles. The minimum atomic E-state index is -0.138. The second-order valence-electron chi connectivity index (χ2n) is 6.49. The molecule has 0 fully saturated rings. The Hall–Kier alpha value is -3.64. The molecule has 1 aromatic heterocycles. The molecular weight excluding hydrogens is 394 g/mol. The summed E-state index contributed by atoms with van der Waals surface area (Å²) < 4.78 is 5.66. The predicted molar refractivity (Wildman–Crippen MR) is 123 cm³/mol. The number of thiazole rings is 1. The molecule has 1 amide bonds. The summed E-state index contributed by atoms with van der Waals surface area (Å²) in [6.45, 7) is 2.56. The lowest BCUT2D eigenvalue weighted by atomic mass is 10.1. The molecule has 30 heavy (non-hydrogen) atoms. The molecule has 0 unspecified atom stereocenters. The van der Waals surface area contributed by atoms with Crippen molar-refractivity contribution in [2.24, 2.45) is 0 Å². The number of para-hydroxylation sites is 2. The first-order valence-corrected chi connectivity index (χ1v) is 10.5. The third kappa shape index (κ3) is 4.67. The van der Waals surface area contributed by atoms with Crippen molar-refractivity contribution in [2.75, 3.05) is 17.2 Å². The second-order valence-corrected chi connectivity index (χ2v) is 7.35. The largest absolute Gasteiger partial charge is 0.492 e. The zero-order valence-corrected chi connectivity index (χ0v) is 17.3. The van der Waals surface area contributed by atoms with E-state index in [0.717, 1.165) is 33.5 Å². The summed E-state index contributed by atoms with van der Waals surface area (Å²) in [6.07, 6.45) is 0. The maximum atomic E-state index is 12.4. The van der Waals surface area contributed by atoms with Crippen molar-refractivity contribution in [1.82, 2.24) is 4.98 Å². The maximum absolute atomic E-state index is 12.4. The highest BCUT2D eigenvalue weighted by Crippen LogP contribution is 2.32. The average molecular weight is 416 g/mol. The fourth-order valence-corrected chi connectivity index (χ4v) is 3.71. The molecule has 150 valence electrons. The molecule has 0 aliphatic heterocycles. The molecular formula is C24H21N3O2S. The number of nitrogens with zero attached hydrogens (tertiary/aromatic N) is 1. The smallest absolute Gasteiger partial charge is 0.255 e. The molecule has 5 nitrogen and oxygen atoms in total. The number of hydrogen-bond acceptors (Lipinski definition) is 5. The first kappa shape index (κ1) is 19.7. The number of nitrogens with one attached hydrogen (secondary N) is 2. The Morgan fingerprint density at radius 1 is 1.00 bits per heavy atom. The van der Waals surface area contributed by atoms with Gasteiger partial charge in [0.25, 0.3) is 5.91 Å². The molecule has 0 radical (unpaired) electrons. The fraction of sp³-hybridized carbons (Fsp3) is 0.0833. The van der Waals surface area contributed by atoms with Crippen molar-refractivity contribution in [2.45, 2.75) is 6.92 Å². The molecule has 6 heteroatoms. The van der Waals surface area contributed by atoms with Gasteiger partial charge in [-0.3, -0.25) is 4.79 Å². The summed E-state index contributed by atoms with van der Waals surface area (Å²) in [4.78, 5) is 17.1. The minimum absolute atomic E-state index is 0.138. The maximum Gasteiger partial charge on any atom is 0.255 e. The van der Waals surface area contributed by atoms with Crippen molar-refractivity contribution in [3.05, 3.63) is 89.8 Å². The topological polar surface area (TPSA) is 63.2 Å². The SMILES string of the molecule is CCOc1ccccc1Nc1nc(-c2cccc(NC(=O)c3ccccc3)c2)cs1. The lowest BCUT2D eigenvalue weighted by Gasteiger charge is -2.10. The highest BCUT2D eigenvalue weighted by Gasteiger charge is 2.10. The Morgan fingerprint density at radius 2 is 1.80 bits per heavy atom. The minimum Gasteiger partial charge on any atom is -0.492 e. The van der Waals surface area contributed by atoms with Gasteiger partial charge in [0.05, 0.1) is 18.0 Å². The van der Waals surface area contributed by atoms with Crippen molar-refractivity contribution in [1.29, 1.82) is 0 Å². The number of benzene rings is 3. The molecule has 0 bridgehead atoms. The van der Waals surface area contributed by atoms with E-state index in [0.29, 0.717) is 12.2 Å². The van der Waals surface area contributed by atoms with Gasteiger partial charge < -0.3 is 15.4 Å². The van der Waals surface area contributed by atoms with Crippen molar-refractivity contribution in [3.63, 3.8) is 0 Å². The van der Waals surface area contributed by atoms with Gasteiger partial charge >= 0.3 is 0 Å². The average Bonchev–Trinajstić information content (AvgIpc) is 3.25. The van der Waals surface area contributed by atoms with Crippen LogP contribution in [0, 0.1) is 0 Å². The molecule has 0 aliphatic carbocycles.